The quantitative estimate of drug-likeness (QED) is 0.525. The summed E-state index contributed by atoms with van der Waals surface area (Å²) in [6.45, 7) is 0.609. The molecule has 1 amide bonds. The van der Waals surface area contributed by atoms with Crippen LogP contribution in [-0.2, 0) is 15.7 Å². The van der Waals surface area contributed by atoms with Gasteiger partial charge in [0.25, 0.3) is 0 Å². The molecule has 1 aliphatic heterocycles. The van der Waals surface area contributed by atoms with Gasteiger partial charge in [0.2, 0.25) is 12.4 Å². The van der Waals surface area contributed by atoms with Crippen LogP contribution in [0.1, 0.15) is 30.1 Å². The maximum Gasteiger partial charge on any atom is 0.421 e. The van der Waals surface area contributed by atoms with E-state index in [1.807, 2.05) is 0 Å². The second kappa shape index (κ2) is 8.25. The van der Waals surface area contributed by atoms with E-state index < -0.39 is 35.3 Å². The number of nitrogens with zero attached hydrogens (tertiary/aromatic N) is 3. The maximum atomic E-state index is 14.6. The summed E-state index contributed by atoms with van der Waals surface area (Å²) in [5.74, 6) is -2.41. The van der Waals surface area contributed by atoms with Crippen LogP contribution in [0.4, 0.5) is 39.4 Å². The van der Waals surface area contributed by atoms with Crippen LogP contribution in [-0.4, -0.2) is 47.0 Å². The summed E-state index contributed by atoms with van der Waals surface area (Å²) < 4.78 is 74.2. The molecule has 12 heteroatoms. The van der Waals surface area contributed by atoms with Crippen molar-refractivity contribution in [2.24, 2.45) is 0 Å². The van der Waals surface area contributed by atoms with Gasteiger partial charge >= 0.3 is 6.18 Å². The smallest absolute Gasteiger partial charge is 0.370 e. The number of alkyl halides is 3. The van der Waals surface area contributed by atoms with Crippen molar-refractivity contribution >= 4 is 23.9 Å². The third-order valence-electron chi connectivity index (χ3n) is 4.94. The van der Waals surface area contributed by atoms with E-state index in [4.69, 9.17) is 4.74 Å². The molecule has 1 aromatic heterocycles. The summed E-state index contributed by atoms with van der Waals surface area (Å²) >= 11 is 0. The molecule has 1 saturated heterocycles. The average molecular weight is 443 g/mol. The van der Waals surface area contributed by atoms with Gasteiger partial charge in [-0.25, -0.2) is 13.8 Å². The zero-order valence-electron chi connectivity index (χ0n) is 16.0. The zero-order valence-corrected chi connectivity index (χ0v) is 16.0. The molecule has 31 heavy (non-hydrogen) atoms. The van der Waals surface area contributed by atoms with Gasteiger partial charge < -0.3 is 20.3 Å². The van der Waals surface area contributed by atoms with Crippen LogP contribution < -0.4 is 10.6 Å². The first-order valence-corrected chi connectivity index (χ1v) is 9.52. The molecule has 1 saturated carbocycles. The molecule has 1 aromatic carbocycles. The Morgan fingerprint density at radius 2 is 1.97 bits per heavy atom. The fourth-order valence-electron chi connectivity index (χ4n) is 3.16. The summed E-state index contributed by atoms with van der Waals surface area (Å²) in [5, 5.41) is 5.10. The number of benzene rings is 1. The van der Waals surface area contributed by atoms with Crippen LogP contribution in [0.2, 0.25) is 0 Å². The van der Waals surface area contributed by atoms with Gasteiger partial charge in [0.15, 0.2) is 0 Å². The Balaban J connectivity index is 1.58. The van der Waals surface area contributed by atoms with E-state index in [9.17, 15) is 26.7 Å². The van der Waals surface area contributed by atoms with Crippen molar-refractivity contribution in [1.82, 2.24) is 14.9 Å². The molecule has 2 fully saturated rings. The van der Waals surface area contributed by atoms with E-state index in [1.165, 1.54) is 4.90 Å². The molecule has 1 unspecified atom stereocenters. The zero-order chi connectivity index (χ0) is 22.2. The van der Waals surface area contributed by atoms with Gasteiger partial charge in [-0.15, -0.1) is 0 Å². The topological polar surface area (TPSA) is 79.4 Å². The Labute approximate surface area is 173 Å². The van der Waals surface area contributed by atoms with Gasteiger partial charge in [-0.2, -0.15) is 18.2 Å². The van der Waals surface area contributed by atoms with Crippen molar-refractivity contribution in [3.8, 4) is 0 Å². The van der Waals surface area contributed by atoms with Gasteiger partial charge in [-0.05, 0) is 18.9 Å². The van der Waals surface area contributed by atoms with Gasteiger partial charge in [-0.3, -0.25) is 4.79 Å². The summed E-state index contributed by atoms with van der Waals surface area (Å²) in [4.78, 5) is 19.7. The maximum absolute atomic E-state index is 14.6. The summed E-state index contributed by atoms with van der Waals surface area (Å²) in [5.41, 5.74) is -1.46. The number of anilines is 3. The predicted octanol–water partition coefficient (Wildman–Crippen LogP) is 3.62. The van der Waals surface area contributed by atoms with E-state index in [2.05, 4.69) is 20.6 Å². The molecule has 0 spiro atoms. The molecule has 0 radical (unpaired) electrons. The van der Waals surface area contributed by atoms with Gasteiger partial charge in [-0.1, -0.05) is 0 Å². The van der Waals surface area contributed by atoms with Crippen LogP contribution in [0.15, 0.2) is 18.3 Å². The standard InChI is InChI=1S/C19H18F5N5O2/c20-13-6-15(14(21)5-11(13)16-8-29(9-30)3-4-31-16)27-18-25-7-12(19(22,23)24)17(28-18)26-10-1-2-10/h5-7,9-10,16H,1-4,8H2,(H2,25,26,27,28). The summed E-state index contributed by atoms with van der Waals surface area (Å²) in [6.07, 6.45) is -2.86. The van der Waals surface area contributed by atoms with Crippen molar-refractivity contribution in [3.05, 3.63) is 41.1 Å². The van der Waals surface area contributed by atoms with E-state index >= 15 is 0 Å². The molecule has 0 bridgehead atoms. The van der Waals surface area contributed by atoms with Crippen molar-refractivity contribution < 1.29 is 31.5 Å². The minimum Gasteiger partial charge on any atom is -0.370 e. The number of hydrogen-bond donors (Lipinski definition) is 2. The first-order valence-electron chi connectivity index (χ1n) is 9.52. The molecule has 1 atom stereocenters. The highest BCUT2D eigenvalue weighted by molar-refractivity contribution is 5.58. The number of halogens is 5. The number of morpholine rings is 1. The fraction of sp³-hybridized carbons (Fsp3) is 0.421. The SMILES string of the molecule is O=CN1CCOC(c2cc(F)c(Nc3ncc(C(F)(F)F)c(NC4CC4)n3)cc2F)C1. The minimum atomic E-state index is -4.66. The largest absolute Gasteiger partial charge is 0.421 e. The van der Waals surface area contributed by atoms with Crippen LogP contribution in [0.25, 0.3) is 0 Å². The normalized spacial score (nSPS) is 19.3. The number of aromatic nitrogens is 2. The Bertz CT molecular complexity index is 983. The highest BCUT2D eigenvalue weighted by atomic mass is 19.4. The molecular weight excluding hydrogens is 425 g/mol. The molecule has 166 valence electrons. The second-order valence-corrected chi connectivity index (χ2v) is 7.31. The van der Waals surface area contributed by atoms with Crippen LogP contribution in [0, 0.1) is 11.6 Å². The lowest BCUT2D eigenvalue weighted by Crippen LogP contribution is -2.37. The predicted molar refractivity (Wildman–Crippen MR) is 99.6 cm³/mol. The molecule has 7 nitrogen and oxygen atoms in total. The molecular formula is C19H18F5N5O2. The van der Waals surface area contributed by atoms with Crippen LogP contribution in [0.5, 0.6) is 0 Å². The Hall–Kier alpha value is -3.02. The number of carbonyl (C=O) groups excluding carboxylic acids is 1. The Morgan fingerprint density at radius 1 is 1.19 bits per heavy atom. The number of carbonyl (C=O) groups is 1. The van der Waals surface area contributed by atoms with Crippen molar-refractivity contribution in [2.45, 2.75) is 31.2 Å². The lowest BCUT2D eigenvalue weighted by Gasteiger charge is -2.30. The number of ether oxygens (including phenoxy) is 1. The van der Waals surface area contributed by atoms with E-state index in [-0.39, 0.29) is 36.4 Å². The van der Waals surface area contributed by atoms with Gasteiger partial charge in [0.05, 0.1) is 18.8 Å². The lowest BCUT2D eigenvalue weighted by molar-refractivity contribution is -0.137. The molecule has 4 rings (SSSR count). The monoisotopic (exact) mass is 443 g/mol. The second-order valence-electron chi connectivity index (χ2n) is 7.31. The van der Waals surface area contributed by atoms with Gasteiger partial charge in [0, 0.05) is 30.4 Å². The number of rotatable bonds is 6. The van der Waals surface area contributed by atoms with Crippen molar-refractivity contribution in [2.75, 3.05) is 30.3 Å². The van der Waals surface area contributed by atoms with Crippen molar-refractivity contribution in [1.29, 1.82) is 0 Å². The molecule has 2 aliphatic rings. The first-order chi connectivity index (χ1) is 14.7. The minimum absolute atomic E-state index is 0.0703. The van der Waals surface area contributed by atoms with E-state index in [0.717, 1.165) is 25.0 Å². The molecule has 2 aromatic rings. The summed E-state index contributed by atoms with van der Waals surface area (Å²) in [7, 11) is 0. The Morgan fingerprint density at radius 3 is 2.65 bits per heavy atom. The number of nitrogens with one attached hydrogen (secondary N) is 2. The number of amides is 1. The van der Waals surface area contributed by atoms with E-state index in [0.29, 0.717) is 19.2 Å². The highest BCUT2D eigenvalue weighted by Gasteiger charge is 2.37. The van der Waals surface area contributed by atoms with E-state index in [1.54, 1.807) is 0 Å². The third-order valence-corrected chi connectivity index (χ3v) is 4.94. The number of hydrogen-bond acceptors (Lipinski definition) is 6. The first kappa shape index (κ1) is 21.2. The molecule has 2 heterocycles. The van der Waals surface area contributed by atoms with Crippen LogP contribution >= 0.6 is 0 Å². The van der Waals surface area contributed by atoms with Crippen molar-refractivity contribution in [3.63, 3.8) is 0 Å². The Kier molecular flexibility index (Phi) is 5.65. The third kappa shape index (κ3) is 4.84. The van der Waals surface area contributed by atoms with Gasteiger partial charge in [0.1, 0.15) is 29.1 Å². The lowest BCUT2D eigenvalue weighted by atomic mass is 10.1. The molecule has 2 N–H and O–H groups in total. The highest BCUT2D eigenvalue weighted by Crippen LogP contribution is 2.36. The summed E-state index contributed by atoms with van der Waals surface area (Å²) in [6, 6.07) is 1.66. The fourth-order valence-corrected chi connectivity index (χ4v) is 3.16. The molecule has 1 aliphatic carbocycles. The van der Waals surface area contributed by atoms with Crippen LogP contribution in [0.3, 0.4) is 0 Å². The average Bonchev–Trinajstić information content (AvgIpc) is 3.54.